The maximum atomic E-state index is 13.3. The third kappa shape index (κ3) is 4.48. The van der Waals surface area contributed by atoms with E-state index < -0.39 is 0 Å². The van der Waals surface area contributed by atoms with Gasteiger partial charge in [0, 0.05) is 17.4 Å². The fourth-order valence-electron chi connectivity index (χ4n) is 3.39. The molecule has 0 unspecified atom stereocenters. The number of hydrogen-bond donors (Lipinski definition) is 1. The number of fused-ring (bicyclic) bond motifs is 1. The number of amides is 1. The molecule has 0 aliphatic rings. The van der Waals surface area contributed by atoms with Gasteiger partial charge in [0.25, 0.3) is 11.3 Å². The van der Waals surface area contributed by atoms with Crippen LogP contribution in [-0.2, 0) is 17.8 Å². The lowest BCUT2D eigenvalue weighted by atomic mass is 10.1. The van der Waals surface area contributed by atoms with Crippen LogP contribution in [0.1, 0.15) is 22.6 Å². The van der Waals surface area contributed by atoms with Crippen molar-refractivity contribution in [2.24, 2.45) is 0 Å². The second-order valence-electron chi connectivity index (χ2n) is 7.39. The Kier molecular flexibility index (Phi) is 5.53. The Morgan fingerprint density at radius 1 is 1.10 bits per heavy atom. The molecule has 0 aliphatic carbocycles. The normalized spacial score (nSPS) is 10.9. The summed E-state index contributed by atoms with van der Waals surface area (Å²) in [6, 6.07) is 16.6. The molecule has 1 amide bonds. The van der Waals surface area contributed by atoms with E-state index in [4.69, 9.17) is 4.74 Å². The predicted molar refractivity (Wildman–Crippen MR) is 117 cm³/mol. The van der Waals surface area contributed by atoms with Crippen molar-refractivity contribution in [3.63, 3.8) is 0 Å². The van der Waals surface area contributed by atoms with E-state index in [9.17, 15) is 9.59 Å². The number of anilines is 1. The fourth-order valence-corrected chi connectivity index (χ4v) is 3.39. The van der Waals surface area contributed by atoms with Crippen molar-refractivity contribution >= 4 is 17.4 Å². The number of aryl methyl sites for hydroxylation is 2. The third-order valence-corrected chi connectivity index (χ3v) is 4.94. The van der Waals surface area contributed by atoms with E-state index in [1.54, 1.807) is 18.9 Å². The van der Waals surface area contributed by atoms with Crippen LogP contribution in [0.5, 0.6) is 5.75 Å². The van der Waals surface area contributed by atoms with Crippen molar-refractivity contribution in [3.05, 3.63) is 87.6 Å². The van der Waals surface area contributed by atoms with E-state index in [2.05, 4.69) is 15.1 Å². The van der Waals surface area contributed by atoms with Crippen LogP contribution in [0.15, 0.2) is 59.4 Å². The van der Waals surface area contributed by atoms with Crippen molar-refractivity contribution < 1.29 is 9.53 Å². The van der Waals surface area contributed by atoms with Crippen molar-refractivity contribution in [1.29, 1.82) is 0 Å². The molecule has 0 atom stereocenters. The summed E-state index contributed by atoms with van der Waals surface area (Å²) < 4.78 is 6.47. The summed E-state index contributed by atoms with van der Waals surface area (Å²) in [7, 11) is 1.61. The number of aromatic amines is 1. The SMILES string of the molecule is COc1ccc(CC(=O)N(Cc2nc3nc(C)cc(=O)n3[nH]2)c2cccc(C)c2)cc1. The van der Waals surface area contributed by atoms with Crippen molar-refractivity contribution in [1.82, 2.24) is 19.6 Å². The summed E-state index contributed by atoms with van der Waals surface area (Å²) in [4.78, 5) is 35.9. The Morgan fingerprint density at radius 3 is 2.58 bits per heavy atom. The van der Waals surface area contributed by atoms with E-state index in [1.807, 2.05) is 55.5 Å². The lowest BCUT2D eigenvalue weighted by Gasteiger charge is -2.22. The van der Waals surface area contributed by atoms with Gasteiger partial charge in [-0.2, -0.15) is 9.50 Å². The fraction of sp³-hybridized carbons (Fsp3) is 0.217. The molecule has 8 heteroatoms. The molecule has 0 fully saturated rings. The molecule has 0 spiro atoms. The third-order valence-electron chi connectivity index (χ3n) is 4.94. The van der Waals surface area contributed by atoms with E-state index in [1.165, 1.54) is 10.6 Å². The number of nitrogens with zero attached hydrogens (tertiary/aromatic N) is 4. The van der Waals surface area contributed by atoms with Gasteiger partial charge in [0.15, 0.2) is 0 Å². The number of benzene rings is 2. The molecule has 4 rings (SSSR count). The van der Waals surface area contributed by atoms with Crippen molar-refractivity contribution in [3.8, 4) is 5.75 Å². The molecule has 0 radical (unpaired) electrons. The van der Waals surface area contributed by atoms with Crippen LogP contribution in [0.3, 0.4) is 0 Å². The summed E-state index contributed by atoms with van der Waals surface area (Å²) in [5.74, 6) is 1.40. The lowest BCUT2D eigenvalue weighted by Crippen LogP contribution is -2.32. The summed E-state index contributed by atoms with van der Waals surface area (Å²) in [5.41, 5.74) is 3.02. The molecule has 31 heavy (non-hydrogen) atoms. The zero-order valence-electron chi connectivity index (χ0n) is 17.6. The largest absolute Gasteiger partial charge is 0.497 e. The Labute approximate surface area is 179 Å². The first-order chi connectivity index (χ1) is 14.9. The summed E-state index contributed by atoms with van der Waals surface area (Å²) >= 11 is 0. The molecule has 2 heterocycles. The maximum absolute atomic E-state index is 13.3. The number of ether oxygens (including phenoxy) is 1. The molecular formula is C23H23N5O3. The summed E-state index contributed by atoms with van der Waals surface area (Å²) in [6.45, 7) is 3.90. The minimum atomic E-state index is -0.243. The number of carbonyl (C=O) groups is 1. The number of hydrogen-bond acceptors (Lipinski definition) is 5. The first kappa shape index (κ1) is 20.3. The second kappa shape index (κ2) is 8.43. The van der Waals surface area contributed by atoms with Gasteiger partial charge in [-0.05, 0) is 49.2 Å². The average molecular weight is 417 g/mol. The van der Waals surface area contributed by atoms with Gasteiger partial charge in [-0.3, -0.25) is 14.7 Å². The highest BCUT2D eigenvalue weighted by Gasteiger charge is 2.19. The Morgan fingerprint density at radius 2 is 1.87 bits per heavy atom. The topological polar surface area (TPSA) is 92.6 Å². The van der Waals surface area contributed by atoms with E-state index in [-0.39, 0.29) is 30.2 Å². The number of carbonyl (C=O) groups excluding carboxylic acids is 1. The summed E-state index contributed by atoms with van der Waals surface area (Å²) in [5, 5.41) is 2.96. The minimum absolute atomic E-state index is 0.0901. The smallest absolute Gasteiger partial charge is 0.274 e. The first-order valence-corrected chi connectivity index (χ1v) is 9.88. The van der Waals surface area contributed by atoms with E-state index >= 15 is 0 Å². The molecule has 2 aromatic carbocycles. The number of rotatable bonds is 6. The predicted octanol–water partition coefficient (Wildman–Crippen LogP) is 2.82. The molecule has 4 aromatic rings. The molecular weight excluding hydrogens is 394 g/mol. The molecule has 0 bridgehead atoms. The van der Waals surface area contributed by atoms with Gasteiger partial charge in [0.2, 0.25) is 5.91 Å². The Hall–Kier alpha value is -3.94. The van der Waals surface area contributed by atoms with Crippen LogP contribution in [0.4, 0.5) is 5.69 Å². The van der Waals surface area contributed by atoms with Gasteiger partial charge in [-0.15, -0.1) is 0 Å². The highest BCUT2D eigenvalue weighted by Crippen LogP contribution is 2.20. The molecule has 158 valence electrons. The molecule has 8 nitrogen and oxygen atoms in total. The lowest BCUT2D eigenvalue weighted by molar-refractivity contribution is -0.118. The highest BCUT2D eigenvalue weighted by atomic mass is 16.5. The van der Waals surface area contributed by atoms with Crippen molar-refractivity contribution in [2.45, 2.75) is 26.8 Å². The minimum Gasteiger partial charge on any atom is -0.497 e. The van der Waals surface area contributed by atoms with Crippen LogP contribution >= 0.6 is 0 Å². The Bertz CT molecular complexity index is 1290. The zero-order valence-corrected chi connectivity index (χ0v) is 17.6. The van der Waals surface area contributed by atoms with E-state index in [0.717, 1.165) is 22.6 Å². The van der Waals surface area contributed by atoms with Crippen LogP contribution < -0.4 is 15.2 Å². The molecule has 2 aromatic heterocycles. The quantitative estimate of drug-likeness (QED) is 0.521. The Balaban J connectivity index is 1.66. The van der Waals surface area contributed by atoms with Gasteiger partial charge < -0.3 is 9.64 Å². The maximum Gasteiger partial charge on any atom is 0.274 e. The van der Waals surface area contributed by atoms with Gasteiger partial charge in [-0.25, -0.2) is 4.98 Å². The molecule has 0 aliphatic heterocycles. The molecule has 1 N–H and O–H groups in total. The van der Waals surface area contributed by atoms with Gasteiger partial charge in [0.1, 0.15) is 11.6 Å². The number of aromatic nitrogens is 4. The van der Waals surface area contributed by atoms with Crippen LogP contribution in [-0.4, -0.2) is 32.6 Å². The standard InChI is InChI=1S/C23H23N5O3/c1-15-5-4-6-18(11-15)27(21(29)13-17-7-9-19(31-3)10-8-17)14-20-25-23-24-16(2)12-22(30)28(23)26-20/h4-12H,13-14H2,1-3H3,(H,24,25,26). The summed E-state index contributed by atoms with van der Waals surface area (Å²) in [6.07, 6.45) is 0.218. The highest BCUT2D eigenvalue weighted by molar-refractivity contribution is 5.94. The average Bonchev–Trinajstić information content (AvgIpc) is 3.15. The first-order valence-electron chi connectivity index (χ1n) is 9.88. The van der Waals surface area contributed by atoms with Crippen LogP contribution in [0.2, 0.25) is 0 Å². The van der Waals surface area contributed by atoms with Crippen LogP contribution in [0, 0.1) is 13.8 Å². The van der Waals surface area contributed by atoms with Gasteiger partial charge >= 0.3 is 0 Å². The van der Waals surface area contributed by atoms with Gasteiger partial charge in [-0.1, -0.05) is 24.3 Å². The van der Waals surface area contributed by atoms with Gasteiger partial charge in [0.05, 0.1) is 20.1 Å². The van der Waals surface area contributed by atoms with Crippen LogP contribution in [0.25, 0.3) is 5.78 Å². The monoisotopic (exact) mass is 417 g/mol. The molecule has 0 saturated carbocycles. The second-order valence-corrected chi connectivity index (χ2v) is 7.39. The van der Waals surface area contributed by atoms with Crippen molar-refractivity contribution in [2.75, 3.05) is 12.0 Å². The molecule has 0 saturated heterocycles. The zero-order chi connectivity index (χ0) is 22.0. The number of nitrogens with one attached hydrogen (secondary N) is 1. The number of H-pyrrole nitrogens is 1. The van der Waals surface area contributed by atoms with E-state index in [0.29, 0.717) is 11.5 Å². The number of methoxy groups -OCH3 is 1.